The van der Waals surface area contributed by atoms with Gasteiger partial charge < -0.3 is 30.8 Å². The van der Waals surface area contributed by atoms with Gasteiger partial charge in [-0.15, -0.1) is 0 Å². The van der Waals surface area contributed by atoms with Crippen LogP contribution < -0.4 is 21.9 Å². The molecule has 12 heteroatoms. The number of nitrogens with two attached hydrogens (primary N) is 1. The van der Waals surface area contributed by atoms with E-state index in [-0.39, 0.29) is 45.6 Å². The van der Waals surface area contributed by atoms with Crippen molar-refractivity contribution in [3.8, 4) is 5.75 Å². The number of ether oxygens (including phenoxy) is 1. The minimum atomic E-state index is -1.03. The highest BCUT2D eigenvalue weighted by atomic mass is 35.5. The molecule has 10 nitrogen and oxygen atoms in total. The molecule has 2 amide bonds. The first-order valence-electron chi connectivity index (χ1n) is 9.40. The summed E-state index contributed by atoms with van der Waals surface area (Å²) in [5.74, 6) is -2.28. The number of amides is 2. The van der Waals surface area contributed by atoms with E-state index in [1.807, 2.05) is 0 Å². The molecule has 0 fully saturated rings. The second kappa shape index (κ2) is 10.9. The van der Waals surface area contributed by atoms with Crippen LogP contribution in [0.2, 0.25) is 10.0 Å². The molecule has 0 aliphatic rings. The number of carbonyl (C=O) groups excluding carboxylic acids is 3. The molecule has 0 saturated heterocycles. The third-order valence-electron chi connectivity index (χ3n) is 4.33. The number of aryl methyl sites for hydroxylation is 1. The van der Waals surface area contributed by atoms with E-state index >= 15 is 0 Å². The smallest absolute Gasteiger partial charge is 0.308 e. The van der Waals surface area contributed by atoms with Gasteiger partial charge >= 0.3 is 5.97 Å². The zero-order valence-electron chi connectivity index (χ0n) is 17.3. The number of nitrogens with zero attached hydrogens (tertiary/aromatic N) is 1. The predicted octanol–water partition coefficient (Wildman–Crippen LogP) is 1.52. The summed E-state index contributed by atoms with van der Waals surface area (Å²) in [5, 5.41) is 15.4. The number of hydrogen-bond donors (Lipinski definition) is 4. The van der Waals surface area contributed by atoms with E-state index in [1.54, 1.807) is 6.92 Å². The Balaban J connectivity index is 2.15. The van der Waals surface area contributed by atoms with Crippen LogP contribution in [0, 0.1) is 0 Å². The normalized spacial score (nSPS) is 11.5. The number of hydrogen-bond acceptors (Lipinski definition) is 7. The summed E-state index contributed by atoms with van der Waals surface area (Å²) < 4.78 is 6.06. The summed E-state index contributed by atoms with van der Waals surface area (Å²) >= 11 is 11.9. The molecule has 0 saturated carbocycles. The zero-order valence-corrected chi connectivity index (χ0v) is 18.8. The second-order valence-corrected chi connectivity index (χ2v) is 7.58. The van der Waals surface area contributed by atoms with Gasteiger partial charge in [0.2, 0.25) is 5.91 Å². The molecule has 1 aromatic heterocycles. The van der Waals surface area contributed by atoms with Crippen LogP contribution in [0.5, 0.6) is 5.75 Å². The standard InChI is InChI=1S/C20H22Cl2N4O6/c1-3-32-17(28)7-15(12-5-11(21)6-13(22)18(12)29)25-16(27)8-24-19(30)10-4-14(23)20(31)26(2)9-10/h4-6,9,15,29H,3,7-8,23H2,1-2H3,(H,24,30)(H,25,27). The van der Waals surface area contributed by atoms with Gasteiger partial charge in [0, 0.05) is 23.8 Å². The van der Waals surface area contributed by atoms with Crippen LogP contribution in [0.1, 0.15) is 35.3 Å². The molecule has 2 rings (SSSR count). The molecule has 0 bridgehead atoms. The average molecular weight is 485 g/mol. The Morgan fingerprint density at radius 3 is 2.56 bits per heavy atom. The summed E-state index contributed by atoms with van der Waals surface area (Å²) in [6, 6.07) is 2.84. The number of rotatable bonds is 8. The van der Waals surface area contributed by atoms with Crippen LogP contribution in [-0.4, -0.2) is 40.6 Å². The number of nitrogen functional groups attached to an aromatic ring is 1. The van der Waals surface area contributed by atoms with Crippen molar-refractivity contribution in [2.45, 2.75) is 19.4 Å². The van der Waals surface area contributed by atoms with Crippen LogP contribution >= 0.6 is 23.2 Å². The van der Waals surface area contributed by atoms with E-state index in [0.29, 0.717) is 0 Å². The molecule has 1 unspecified atom stereocenters. The number of aromatic nitrogens is 1. The average Bonchev–Trinajstić information content (AvgIpc) is 2.72. The van der Waals surface area contributed by atoms with Crippen molar-refractivity contribution in [1.29, 1.82) is 0 Å². The topological polar surface area (TPSA) is 153 Å². The first kappa shape index (κ1) is 25.0. The lowest BCUT2D eigenvalue weighted by Crippen LogP contribution is -2.39. The summed E-state index contributed by atoms with van der Waals surface area (Å²) in [5.41, 5.74) is 5.19. The van der Waals surface area contributed by atoms with E-state index in [0.717, 1.165) is 4.57 Å². The fourth-order valence-electron chi connectivity index (χ4n) is 2.85. The van der Waals surface area contributed by atoms with Gasteiger partial charge in [0.15, 0.2) is 0 Å². The van der Waals surface area contributed by atoms with Crippen molar-refractivity contribution >= 4 is 46.7 Å². The first-order valence-corrected chi connectivity index (χ1v) is 10.2. The van der Waals surface area contributed by atoms with Gasteiger partial charge in [-0.25, -0.2) is 0 Å². The molecule has 0 aliphatic heterocycles. The van der Waals surface area contributed by atoms with Crippen LogP contribution in [0.4, 0.5) is 5.69 Å². The van der Waals surface area contributed by atoms with Crippen molar-refractivity contribution in [2.24, 2.45) is 7.05 Å². The number of pyridine rings is 1. The molecule has 172 valence electrons. The Labute approximate surface area is 193 Å². The van der Waals surface area contributed by atoms with Gasteiger partial charge in [-0.3, -0.25) is 19.2 Å². The molecule has 0 spiro atoms. The van der Waals surface area contributed by atoms with Crippen molar-refractivity contribution in [1.82, 2.24) is 15.2 Å². The third kappa shape index (κ3) is 6.38. The van der Waals surface area contributed by atoms with E-state index in [1.165, 1.54) is 31.4 Å². The summed E-state index contributed by atoms with van der Waals surface area (Å²) in [4.78, 5) is 48.4. The molecule has 2 aromatic rings. The number of esters is 1. The maximum Gasteiger partial charge on any atom is 0.308 e. The van der Waals surface area contributed by atoms with Crippen molar-refractivity contribution in [3.05, 3.63) is 55.9 Å². The minimum absolute atomic E-state index is 0.0591. The molecule has 5 N–H and O–H groups in total. The fraction of sp³-hybridized carbons (Fsp3) is 0.300. The Morgan fingerprint density at radius 1 is 1.25 bits per heavy atom. The Kier molecular flexibility index (Phi) is 8.50. The van der Waals surface area contributed by atoms with Crippen molar-refractivity contribution in [2.75, 3.05) is 18.9 Å². The fourth-order valence-corrected chi connectivity index (χ4v) is 3.36. The summed E-state index contributed by atoms with van der Waals surface area (Å²) in [6.45, 7) is 1.29. The summed E-state index contributed by atoms with van der Waals surface area (Å²) in [6.07, 6.45) is 0.969. The number of benzene rings is 1. The van der Waals surface area contributed by atoms with Crippen molar-refractivity contribution < 1.29 is 24.2 Å². The highest BCUT2D eigenvalue weighted by Crippen LogP contribution is 2.36. The number of phenolic OH excluding ortho intramolecular Hbond substituents is 1. The highest BCUT2D eigenvalue weighted by Gasteiger charge is 2.24. The molecule has 1 aromatic carbocycles. The zero-order chi connectivity index (χ0) is 24.0. The first-order chi connectivity index (χ1) is 15.0. The van der Waals surface area contributed by atoms with Crippen LogP contribution in [0.25, 0.3) is 0 Å². The molecule has 1 heterocycles. The minimum Gasteiger partial charge on any atom is -0.506 e. The SMILES string of the molecule is CCOC(=O)CC(NC(=O)CNC(=O)c1cc(N)c(=O)n(C)c1)c1cc(Cl)cc(Cl)c1O. The lowest BCUT2D eigenvalue weighted by molar-refractivity contribution is -0.143. The Hall–Kier alpha value is -3.24. The quantitative estimate of drug-likeness (QED) is 0.414. The van der Waals surface area contributed by atoms with Gasteiger partial charge in [0.25, 0.3) is 11.5 Å². The number of phenols is 1. The summed E-state index contributed by atoms with van der Waals surface area (Å²) in [7, 11) is 1.44. The van der Waals surface area contributed by atoms with Crippen molar-refractivity contribution in [3.63, 3.8) is 0 Å². The number of nitrogens with one attached hydrogen (secondary N) is 2. The molecule has 32 heavy (non-hydrogen) atoms. The number of anilines is 1. The highest BCUT2D eigenvalue weighted by molar-refractivity contribution is 6.35. The van der Waals surface area contributed by atoms with E-state index in [9.17, 15) is 24.3 Å². The molecule has 1 atom stereocenters. The molecular formula is C20H22Cl2N4O6. The number of aromatic hydroxyl groups is 1. The maximum absolute atomic E-state index is 12.5. The van der Waals surface area contributed by atoms with Gasteiger partial charge in [0.05, 0.1) is 41.9 Å². The Morgan fingerprint density at radius 2 is 1.94 bits per heavy atom. The Bertz CT molecular complexity index is 1080. The number of carbonyl (C=O) groups is 3. The number of halogens is 2. The lowest BCUT2D eigenvalue weighted by Gasteiger charge is -2.20. The van der Waals surface area contributed by atoms with Gasteiger partial charge in [-0.05, 0) is 25.1 Å². The van der Waals surface area contributed by atoms with Gasteiger partial charge in [-0.1, -0.05) is 23.2 Å². The van der Waals surface area contributed by atoms with Gasteiger partial charge in [0.1, 0.15) is 5.75 Å². The molecule has 0 radical (unpaired) electrons. The molecule has 0 aliphatic carbocycles. The predicted molar refractivity (Wildman–Crippen MR) is 119 cm³/mol. The van der Waals surface area contributed by atoms with E-state index in [2.05, 4.69) is 10.6 Å². The van der Waals surface area contributed by atoms with E-state index < -0.39 is 35.9 Å². The largest absolute Gasteiger partial charge is 0.506 e. The van der Waals surface area contributed by atoms with Crippen LogP contribution in [0.15, 0.2) is 29.2 Å². The van der Waals surface area contributed by atoms with E-state index in [4.69, 9.17) is 33.7 Å². The lowest BCUT2D eigenvalue weighted by atomic mass is 10.0. The second-order valence-electron chi connectivity index (χ2n) is 6.74. The van der Waals surface area contributed by atoms with Crippen LogP contribution in [0.3, 0.4) is 0 Å². The monoisotopic (exact) mass is 484 g/mol. The van der Waals surface area contributed by atoms with Gasteiger partial charge in [-0.2, -0.15) is 0 Å². The maximum atomic E-state index is 12.5. The third-order valence-corrected chi connectivity index (χ3v) is 4.83. The molecular weight excluding hydrogens is 463 g/mol. The van der Waals surface area contributed by atoms with Crippen LogP contribution in [-0.2, 0) is 21.4 Å².